The summed E-state index contributed by atoms with van der Waals surface area (Å²) in [5, 5.41) is 17.9. The quantitative estimate of drug-likeness (QED) is 0.646. The van der Waals surface area contributed by atoms with Crippen molar-refractivity contribution in [2.45, 2.75) is 18.8 Å². The Hall–Kier alpha value is -1.78. The lowest BCUT2D eigenvalue weighted by molar-refractivity contribution is 0.0692. The molecule has 0 atom stereocenters. The number of hydrogen-bond donors (Lipinski definition) is 3. The van der Waals surface area contributed by atoms with Gasteiger partial charge in [0.25, 0.3) is 5.56 Å². The number of aromatic nitrogens is 1. The first-order valence-corrected chi connectivity index (χ1v) is 4.29. The van der Waals surface area contributed by atoms with Crippen molar-refractivity contribution in [1.82, 2.24) is 4.98 Å². The first-order chi connectivity index (χ1) is 6.59. The maximum Gasteiger partial charge on any atom is 0.341 e. The van der Waals surface area contributed by atoms with Gasteiger partial charge in [0.2, 0.25) is 5.88 Å². The molecule has 3 N–H and O–H groups in total. The molecule has 0 aromatic carbocycles. The van der Waals surface area contributed by atoms with E-state index in [1.165, 1.54) is 6.07 Å². The second-order valence-electron chi connectivity index (χ2n) is 3.40. The predicted molar refractivity (Wildman–Crippen MR) is 47.7 cm³/mol. The van der Waals surface area contributed by atoms with Crippen LogP contribution in [0.15, 0.2) is 10.9 Å². The van der Waals surface area contributed by atoms with Crippen LogP contribution in [0.25, 0.3) is 0 Å². The average molecular weight is 195 g/mol. The van der Waals surface area contributed by atoms with Crippen LogP contribution < -0.4 is 5.56 Å². The Morgan fingerprint density at radius 2 is 2.14 bits per heavy atom. The van der Waals surface area contributed by atoms with E-state index in [0.717, 1.165) is 12.8 Å². The van der Waals surface area contributed by atoms with Crippen LogP contribution in [-0.4, -0.2) is 21.2 Å². The van der Waals surface area contributed by atoms with Crippen molar-refractivity contribution in [3.63, 3.8) is 0 Å². The molecule has 5 nitrogen and oxygen atoms in total. The van der Waals surface area contributed by atoms with Crippen LogP contribution in [-0.2, 0) is 0 Å². The molecule has 0 radical (unpaired) electrons. The minimum atomic E-state index is -1.24. The molecule has 5 heteroatoms. The monoisotopic (exact) mass is 195 g/mol. The second-order valence-corrected chi connectivity index (χ2v) is 3.40. The maximum absolute atomic E-state index is 11.3. The van der Waals surface area contributed by atoms with E-state index < -0.39 is 17.4 Å². The third-order valence-electron chi connectivity index (χ3n) is 2.30. The van der Waals surface area contributed by atoms with Gasteiger partial charge in [0, 0.05) is 5.56 Å². The molecule has 1 heterocycles. The third-order valence-corrected chi connectivity index (χ3v) is 2.30. The van der Waals surface area contributed by atoms with Gasteiger partial charge in [-0.05, 0) is 24.8 Å². The van der Waals surface area contributed by atoms with E-state index in [9.17, 15) is 9.59 Å². The number of hydrogen-bond acceptors (Lipinski definition) is 3. The SMILES string of the molecule is O=C(O)c1cc(C2CC2)c(=O)[nH]c1O. The van der Waals surface area contributed by atoms with Gasteiger partial charge >= 0.3 is 5.97 Å². The van der Waals surface area contributed by atoms with Crippen molar-refractivity contribution in [2.24, 2.45) is 0 Å². The number of aromatic carboxylic acids is 1. The van der Waals surface area contributed by atoms with Gasteiger partial charge in [0.1, 0.15) is 5.56 Å². The van der Waals surface area contributed by atoms with E-state index >= 15 is 0 Å². The summed E-state index contributed by atoms with van der Waals surface area (Å²) in [4.78, 5) is 24.1. The van der Waals surface area contributed by atoms with Gasteiger partial charge in [-0.3, -0.25) is 9.78 Å². The van der Waals surface area contributed by atoms with Crippen LogP contribution in [0.1, 0.15) is 34.7 Å². The molecule has 1 aromatic rings. The molecule has 1 aliphatic rings. The van der Waals surface area contributed by atoms with E-state index in [0.29, 0.717) is 5.56 Å². The summed E-state index contributed by atoms with van der Waals surface area (Å²) >= 11 is 0. The fourth-order valence-electron chi connectivity index (χ4n) is 1.40. The number of aromatic amines is 1. The standard InChI is InChI=1S/C9H9NO4/c11-7-5(4-1-2-4)3-6(9(13)14)8(12)10-7/h3-4H,1-2H2,(H,13,14)(H2,10,11,12). The lowest BCUT2D eigenvalue weighted by Crippen LogP contribution is -2.14. The molecule has 2 rings (SSSR count). The molecule has 0 saturated heterocycles. The molecule has 1 saturated carbocycles. The Kier molecular flexibility index (Phi) is 1.80. The molecule has 14 heavy (non-hydrogen) atoms. The molecule has 74 valence electrons. The molecule has 0 bridgehead atoms. The van der Waals surface area contributed by atoms with Crippen molar-refractivity contribution < 1.29 is 15.0 Å². The van der Waals surface area contributed by atoms with Crippen molar-refractivity contribution in [1.29, 1.82) is 0 Å². The second kappa shape index (κ2) is 2.87. The number of carboxylic acids is 1. The Morgan fingerprint density at radius 3 is 2.64 bits per heavy atom. The third kappa shape index (κ3) is 1.37. The summed E-state index contributed by atoms with van der Waals surface area (Å²) in [6, 6.07) is 1.26. The lowest BCUT2D eigenvalue weighted by Gasteiger charge is -2.01. The van der Waals surface area contributed by atoms with Gasteiger partial charge < -0.3 is 10.2 Å². The Labute approximate surface area is 79.0 Å². The highest BCUT2D eigenvalue weighted by Crippen LogP contribution is 2.38. The first kappa shape index (κ1) is 8.80. The molecule has 1 fully saturated rings. The Balaban J connectivity index is 2.57. The van der Waals surface area contributed by atoms with Gasteiger partial charge in [0.15, 0.2) is 0 Å². The zero-order chi connectivity index (χ0) is 10.3. The topological polar surface area (TPSA) is 90.4 Å². The van der Waals surface area contributed by atoms with Gasteiger partial charge in [-0.25, -0.2) is 4.79 Å². The number of H-pyrrole nitrogens is 1. The van der Waals surface area contributed by atoms with Crippen molar-refractivity contribution in [2.75, 3.05) is 0 Å². The minimum Gasteiger partial charge on any atom is -0.494 e. The van der Waals surface area contributed by atoms with Crippen molar-refractivity contribution in [3.8, 4) is 5.88 Å². The van der Waals surface area contributed by atoms with E-state index in [1.807, 2.05) is 0 Å². The highest BCUT2D eigenvalue weighted by molar-refractivity contribution is 5.90. The van der Waals surface area contributed by atoms with Crippen molar-refractivity contribution >= 4 is 5.97 Å². The molecule has 1 aliphatic carbocycles. The van der Waals surface area contributed by atoms with E-state index in [2.05, 4.69) is 4.98 Å². The number of rotatable bonds is 2. The van der Waals surface area contributed by atoms with Gasteiger partial charge in [-0.15, -0.1) is 0 Å². The fraction of sp³-hybridized carbons (Fsp3) is 0.333. The van der Waals surface area contributed by atoms with Crippen LogP contribution in [0, 0.1) is 0 Å². The fourth-order valence-corrected chi connectivity index (χ4v) is 1.40. The predicted octanol–water partition coefficient (Wildman–Crippen LogP) is 0.656. The van der Waals surface area contributed by atoms with E-state index in [4.69, 9.17) is 10.2 Å². The molecule has 0 unspecified atom stereocenters. The number of carboxylic acid groups (broad SMARTS) is 1. The molecule has 0 aliphatic heterocycles. The summed E-state index contributed by atoms with van der Waals surface area (Å²) in [7, 11) is 0. The lowest BCUT2D eigenvalue weighted by atomic mass is 10.1. The van der Waals surface area contributed by atoms with Gasteiger partial charge in [-0.2, -0.15) is 0 Å². The van der Waals surface area contributed by atoms with Gasteiger partial charge in [-0.1, -0.05) is 0 Å². The maximum atomic E-state index is 11.3. The van der Waals surface area contributed by atoms with Crippen LogP contribution in [0.3, 0.4) is 0 Å². The number of nitrogens with one attached hydrogen (secondary N) is 1. The summed E-state index contributed by atoms with van der Waals surface area (Å²) in [5.41, 5.74) is -0.179. The first-order valence-electron chi connectivity index (χ1n) is 4.29. The molecule has 0 spiro atoms. The molecular formula is C9H9NO4. The molecule has 0 amide bonds. The minimum absolute atomic E-state index is 0.164. The average Bonchev–Trinajstić information content (AvgIpc) is 2.86. The number of aromatic hydroxyl groups is 1. The van der Waals surface area contributed by atoms with E-state index in [-0.39, 0.29) is 11.5 Å². The summed E-state index contributed by atoms with van der Waals surface area (Å²) in [6.45, 7) is 0. The largest absolute Gasteiger partial charge is 0.494 e. The van der Waals surface area contributed by atoms with Crippen LogP contribution >= 0.6 is 0 Å². The summed E-state index contributed by atoms with van der Waals surface area (Å²) in [5.74, 6) is -1.65. The zero-order valence-corrected chi connectivity index (χ0v) is 7.28. The van der Waals surface area contributed by atoms with Crippen LogP contribution in [0.2, 0.25) is 0 Å². The number of carbonyl (C=O) groups is 1. The highest BCUT2D eigenvalue weighted by Gasteiger charge is 2.28. The Morgan fingerprint density at radius 1 is 1.50 bits per heavy atom. The summed E-state index contributed by atoms with van der Waals surface area (Å²) in [6.07, 6.45) is 1.82. The Bertz CT molecular complexity index is 445. The molecular weight excluding hydrogens is 186 g/mol. The summed E-state index contributed by atoms with van der Waals surface area (Å²) < 4.78 is 0. The van der Waals surface area contributed by atoms with Crippen molar-refractivity contribution in [3.05, 3.63) is 27.5 Å². The smallest absolute Gasteiger partial charge is 0.341 e. The number of pyridine rings is 1. The molecule has 1 aromatic heterocycles. The van der Waals surface area contributed by atoms with Crippen LogP contribution in [0.5, 0.6) is 5.88 Å². The normalized spacial score (nSPS) is 15.4. The van der Waals surface area contributed by atoms with Crippen LogP contribution in [0.4, 0.5) is 0 Å². The zero-order valence-electron chi connectivity index (χ0n) is 7.28. The van der Waals surface area contributed by atoms with Gasteiger partial charge in [0.05, 0.1) is 0 Å². The highest BCUT2D eigenvalue weighted by atomic mass is 16.4. The van der Waals surface area contributed by atoms with E-state index in [1.54, 1.807) is 0 Å².